The topological polar surface area (TPSA) is 101 Å². The van der Waals surface area contributed by atoms with Crippen LogP contribution in [0.2, 0.25) is 0 Å². The fourth-order valence-corrected chi connectivity index (χ4v) is 4.96. The van der Waals surface area contributed by atoms with Crippen LogP contribution < -0.4 is 0 Å². The van der Waals surface area contributed by atoms with E-state index in [0.29, 0.717) is 23.0 Å². The summed E-state index contributed by atoms with van der Waals surface area (Å²) in [7, 11) is 0. The third-order valence-corrected chi connectivity index (χ3v) is 7.13. The Morgan fingerprint density at radius 2 is 1.72 bits per heavy atom. The molecule has 1 aliphatic rings. The number of halogens is 1. The molecule has 2 aromatic heterocycles. The highest BCUT2D eigenvalue weighted by Crippen LogP contribution is 2.42. The van der Waals surface area contributed by atoms with Crippen molar-refractivity contribution < 1.29 is 18.7 Å². The largest absolute Gasteiger partial charge is 0.424 e. The lowest BCUT2D eigenvalue weighted by molar-refractivity contribution is -0.139. The van der Waals surface area contributed by atoms with Gasteiger partial charge in [0.2, 0.25) is 5.60 Å². The fourth-order valence-electron chi connectivity index (χ4n) is 4.96. The smallest absolute Gasteiger partial charge is 0.418 e. The van der Waals surface area contributed by atoms with Crippen molar-refractivity contribution in [3.05, 3.63) is 114 Å². The number of hydrogen-bond acceptors (Lipinski definition) is 6. The number of fused-ring (bicyclic) bond motifs is 1. The van der Waals surface area contributed by atoms with E-state index in [-0.39, 0.29) is 12.2 Å². The first-order chi connectivity index (χ1) is 18.9. The molecule has 39 heavy (non-hydrogen) atoms. The SMILES string of the molecule is C[C@H](c1ccc(F)cc1)N1C(=O)O[C@](CCc2ccccc2)(c2nc3ccc(-c4cncnc4)cc3[nH]2)C1=O. The average Bonchev–Trinajstić information content (AvgIpc) is 3.51. The maximum Gasteiger partial charge on any atom is 0.418 e. The molecule has 1 N–H and O–H groups in total. The van der Waals surface area contributed by atoms with Gasteiger partial charge in [0.25, 0.3) is 5.91 Å². The molecular weight excluding hydrogens is 497 g/mol. The monoisotopic (exact) mass is 521 g/mol. The Morgan fingerprint density at radius 3 is 2.46 bits per heavy atom. The Morgan fingerprint density at radius 1 is 0.974 bits per heavy atom. The fraction of sp³-hybridized carbons (Fsp3) is 0.167. The van der Waals surface area contributed by atoms with Gasteiger partial charge in [-0.15, -0.1) is 0 Å². The van der Waals surface area contributed by atoms with E-state index in [9.17, 15) is 14.0 Å². The van der Waals surface area contributed by atoms with Crippen molar-refractivity contribution in [1.82, 2.24) is 24.8 Å². The number of carbonyl (C=O) groups excluding carboxylic acids is 2. The summed E-state index contributed by atoms with van der Waals surface area (Å²) in [5.41, 5.74) is 2.96. The number of imide groups is 1. The summed E-state index contributed by atoms with van der Waals surface area (Å²) < 4.78 is 19.5. The number of aromatic amines is 1. The van der Waals surface area contributed by atoms with Crippen LogP contribution in [0.1, 0.15) is 36.3 Å². The predicted molar refractivity (Wildman–Crippen MR) is 142 cm³/mol. The highest BCUT2D eigenvalue weighted by Gasteiger charge is 2.58. The molecule has 0 bridgehead atoms. The number of nitrogens with one attached hydrogen (secondary N) is 1. The van der Waals surface area contributed by atoms with Crippen molar-refractivity contribution in [2.75, 3.05) is 0 Å². The van der Waals surface area contributed by atoms with Crippen molar-refractivity contribution in [1.29, 1.82) is 0 Å². The number of hydrogen-bond donors (Lipinski definition) is 1. The van der Waals surface area contributed by atoms with Crippen LogP contribution in [0, 0.1) is 5.82 Å². The summed E-state index contributed by atoms with van der Waals surface area (Å²) in [6.07, 6.45) is 4.78. The number of nitrogens with zero attached hydrogens (tertiary/aromatic N) is 4. The van der Waals surface area contributed by atoms with Crippen LogP contribution in [0.3, 0.4) is 0 Å². The van der Waals surface area contributed by atoms with Crippen LogP contribution in [-0.4, -0.2) is 36.8 Å². The maximum absolute atomic E-state index is 14.1. The maximum atomic E-state index is 14.1. The number of cyclic esters (lactones) is 1. The minimum absolute atomic E-state index is 0.188. The van der Waals surface area contributed by atoms with Gasteiger partial charge in [-0.1, -0.05) is 48.5 Å². The van der Waals surface area contributed by atoms with Crippen molar-refractivity contribution >= 4 is 23.0 Å². The Kier molecular flexibility index (Phi) is 6.11. The lowest BCUT2D eigenvalue weighted by atomic mass is 9.92. The molecule has 0 radical (unpaired) electrons. The number of rotatable bonds is 7. The van der Waals surface area contributed by atoms with E-state index >= 15 is 0 Å². The second kappa shape index (κ2) is 9.75. The van der Waals surface area contributed by atoms with Crippen LogP contribution in [0.5, 0.6) is 0 Å². The number of imidazole rings is 1. The molecule has 0 saturated carbocycles. The first-order valence-electron chi connectivity index (χ1n) is 12.6. The Labute approximate surface area is 223 Å². The Balaban J connectivity index is 1.41. The molecule has 9 heteroatoms. The summed E-state index contributed by atoms with van der Waals surface area (Å²) in [6.45, 7) is 1.71. The molecular formula is C30H24FN5O3. The zero-order valence-corrected chi connectivity index (χ0v) is 21.0. The van der Waals surface area contributed by atoms with E-state index in [1.165, 1.54) is 18.5 Å². The first-order valence-corrected chi connectivity index (χ1v) is 12.6. The van der Waals surface area contributed by atoms with Crippen LogP contribution in [-0.2, 0) is 21.6 Å². The lowest BCUT2D eigenvalue weighted by Crippen LogP contribution is -2.41. The van der Waals surface area contributed by atoms with Gasteiger partial charge in [0.15, 0.2) is 5.82 Å². The molecule has 1 aliphatic heterocycles. The highest BCUT2D eigenvalue weighted by atomic mass is 19.1. The Bertz CT molecular complexity index is 1660. The lowest BCUT2D eigenvalue weighted by Gasteiger charge is -2.25. The quantitative estimate of drug-likeness (QED) is 0.294. The van der Waals surface area contributed by atoms with Gasteiger partial charge in [0.1, 0.15) is 12.1 Å². The van der Waals surface area contributed by atoms with Crippen LogP contribution in [0.25, 0.3) is 22.2 Å². The molecule has 0 unspecified atom stereocenters. The standard InChI is InChI=1S/C30H24FN5O3/c1-19(21-7-10-24(31)11-8-21)36-28(37)30(39-29(36)38,14-13-20-5-3-2-4-6-20)27-34-25-12-9-22(15-26(25)35-27)23-16-32-18-33-17-23/h2-12,15-19H,13-14H2,1H3,(H,34,35)/t19-,30-/m1/s1. The molecule has 2 amide bonds. The van der Waals surface area contributed by atoms with Crippen molar-refractivity contribution in [2.45, 2.75) is 31.4 Å². The molecule has 3 heterocycles. The molecule has 3 aromatic carbocycles. The van der Waals surface area contributed by atoms with Gasteiger partial charge in [0.05, 0.1) is 17.1 Å². The summed E-state index contributed by atoms with van der Waals surface area (Å²) in [5.74, 6) is -0.666. The molecule has 0 aliphatic carbocycles. The first kappa shape index (κ1) is 24.4. The van der Waals surface area contributed by atoms with E-state index in [1.807, 2.05) is 48.5 Å². The zero-order valence-electron chi connectivity index (χ0n) is 21.0. The van der Waals surface area contributed by atoms with Gasteiger partial charge in [-0.2, -0.15) is 0 Å². The molecule has 1 fully saturated rings. The minimum Gasteiger partial charge on any atom is -0.424 e. The van der Waals surface area contributed by atoms with Gasteiger partial charge >= 0.3 is 6.09 Å². The summed E-state index contributed by atoms with van der Waals surface area (Å²) in [5, 5.41) is 0. The number of aromatic nitrogens is 4. The normalized spacial score (nSPS) is 17.9. The van der Waals surface area contributed by atoms with Gasteiger partial charge in [-0.3, -0.25) is 4.79 Å². The van der Waals surface area contributed by atoms with E-state index in [0.717, 1.165) is 21.6 Å². The molecule has 0 spiro atoms. The number of carbonyl (C=O) groups is 2. The predicted octanol–water partition coefficient (Wildman–Crippen LogP) is 5.73. The third-order valence-electron chi connectivity index (χ3n) is 7.13. The van der Waals surface area contributed by atoms with Crippen LogP contribution in [0.15, 0.2) is 91.5 Å². The van der Waals surface area contributed by atoms with Gasteiger partial charge in [-0.05, 0) is 54.3 Å². The minimum atomic E-state index is -1.66. The van der Waals surface area contributed by atoms with E-state index in [4.69, 9.17) is 9.72 Å². The van der Waals surface area contributed by atoms with E-state index in [1.54, 1.807) is 31.5 Å². The molecule has 2 atom stereocenters. The van der Waals surface area contributed by atoms with Crippen LogP contribution >= 0.6 is 0 Å². The van der Waals surface area contributed by atoms with E-state index < -0.39 is 29.5 Å². The summed E-state index contributed by atoms with van der Waals surface area (Å²) >= 11 is 0. The van der Waals surface area contributed by atoms with Crippen molar-refractivity contribution in [2.24, 2.45) is 0 Å². The second-order valence-electron chi connectivity index (χ2n) is 9.53. The number of aryl methyl sites for hydroxylation is 1. The average molecular weight is 522 g/mol. The molecule has 5 aromatic rings. The molecule has 6 rings (SSSR count). The molecule has 194 valence electrons. The van der Waals surface area contributed by atoms with Gasteiger partial charge in [-0.25, -0.2) is 29.0 Å². The molecule has 1 saturated heterocycles. The number of ether oxygens (including phenoxy) is 1. The van der Waals surface area contributed by atoms with Crippen molar-refractivity contribution in [3.63, 3.8) is 0 Å². The molecule has 8 nitrogen and oxygen atoms in total. The second-order valence-corrected chi connectivity index (χ2v) is 9.53. The Hall–Kier alpha value is -4.92. The number of H-pyrrole nitrogens is 1. The summed E-state index contributed by atoms with van der Waals surface area (Å²) in [6, 6.07) is 20.4. The van der Waals surface area contributed by atoms with Crippen molar-refractivity contribution in [3.8, 4) is 11.1 Å². The highest BCUT2D eigenvalue weighted by molar-refractivity contribution is 6.03. The zero-order chi connectivity index (χ0) is 27.0. The van der Waals surface area contributed by atoms with Crippen LogP contribution in [0.4, 0.5) is 9.18 Å². The van der Waals surface area contributed by atoms with E-state index in [2.05, 4.69) is 15.0 Å². The number of amides is 2. The number of benzene rings is 3. The van der Waals surface area contributed by atoms with Gasteiger partial charge < -0.3 is 9.72 Å². The summed E-state index contributed by atoms with van der Waals surface area (Å²) in [4.78, 5) is 44.6. The third kappa shape index (κ3) is 4.41. The van der Waals surface area contributed by atoms with Gasteiger partial charge in [0, 0.05) is 24.4 Å².